The molecule has 0 aliphatic heterocycles. The monoisotopic (exact) mass is 748 g/mol. The molecule has 0 spiro atoms. The fourth-order valence-electron chi connectivity index (χ4n) is 5.98. The highest BCUT2D eigenvalue weighted by molar-refractivity contribution is 7.93. The van der Waals surface area contributed by atoms with Crippen molar-refractivity contribution in [2.24, 2.45) is 0 Å². The number of rotatable bonds is 12. The molecule has 0 unspecified atom stereocenters. The number of amides is 1. The molecule has 2 saturated carbocycles. The number of aryl methyl sites for hydroxylation is 1. The van der Waals surface area contributed by atoms with Crippen LogP contribution in [0.2, 0.25) is 10.0 Å². The quantitative estimate of drug-likeness (QED) is 0.0856. The van der Waals surface area contributed by atoms with Crippen LogP contribution in [0.3, 0.4) is 0 Å². The number of carbonyl (C=O) groups excluding carboxylic acids is 1. The Bertz CT molecular complexity index is 2130. The van der Waals surface area contributed by atoms with Gasteiger partial charge in [0.25, 0.3) is 0 Å². The summed E-state index contributed by atoms with van der Waals surface area (Å²) in [4.78, 5) is 26.8. The summed E-state index contributed by atoms with van der Waals surface area (Å²) in [5.74, 6) is -11.0. The van der Waals surface area contributed by atoms with Gasteiger partial charge < -0.3 is 10.0 Å². The van der Waals surface area contributed by atoms with E-state index in [4.69, 9.17) is 23.2 Å². The SMILES string of the molecule is Cc1cc(C(=O)O)ccc1N(Cc1cc(C2CC2)cc(C2CC2)c1)C(=O)CS(=O)(=O)Nc1c(F)c(F)c(F)c(F)c1Cc1cccc(Cl)c1Cl. The van der Waals surface area contributed by atoms with E-state index >= 15 is 8.78 Å². The number of nitrogens with one attached hydrogen (secondary N) is 1. The smallest absolute Gasteiger partial charge is 0.335 e. The first kappa shape index (κ1) is 35.7. The number of hydrogen-bond acceptors (Lipinski definition) is 4. The summed E-state index contributed by atoms with van der Waals surface area (Å²) in [5.41, 5.74) is 1.42. The van der Waals surface area contributed by atoms with Gasteiger partial charge in [0, 0.05) is 17.7 Å². The molecule has 0 atom stereocenters. The number of benzene rings is 4. The van der Waals surface area contributed by atoms with Crippen molar-refractivity contribution < 1.29 is 40.7 Å². The maximum absolute atomic E-state index is 15.2. The van der Waals surface area contributed by atoms with Crippen molar-refractivity contribution in [1.29, 1.82) is 0 Å². The van der Waals surface area contributed by atoms with Crippen molar-refractivity contribution in [3.8, 4) is 0 Å². The summed E-state index contributed by atoms with van der Waals surface area (Å²) < 4.78 is 88.1. The highest BCUT2D eigenvalue weighted by Gasteiger charge is 2.33. The van der Waals surface area contributed by atoms with E-state index in [1.165, 1.54) is 41.3 Å². The van der Waals surface area contributed by atoms with Crippen LogP contribution in [-0.2, 0) is 27.8 Å². The van der Waals surface area contributed by atoms with Gasteiger partial charge in [-0.2, -0.15) is 0 Å². The number of sulfonamides is 1. The molecule has 2 fully saturated rings. The highest BCUT2D eigenvalue weighted by atomic mass is 35.5. The molecular formula is C36H30Cl2F4N2O5S. The minimum atomic E-state index is -4.93. The van der Waals surface area contributed by atoms with E-state index < -0.39 is 68.6 Å². The minimum absolute atomic E-state index is 0.0269. The van der Waals surface area contributed by atoms with Crippen LogP contribution in [0, 0.1) is 30.2 Å². The Morgan fingerprint density at radius 1 is 0.880 bits per heavy atom. The van der Waals surface area contributed by atoms with E-state index in [0.717, 1.165) is 42.4 Å². The Balaban J connectivity index is 1.35. The number of carboxylic acid groups (broad SMARTS) is 1. The molecule has 2 aliphatic carbocycles. The third-order valence-electron chi connectivity index (χ3n) is 8.85. The lowest BCUT2D eigenvalue weighted by Crippen LogP contribution is -2.38. The van der Waals surface area contributed by atoms with Crippen LogP contribution in [0.1, 0.15) is 81.3 Å². The maximum Gasteiger partial charge on any atom is 0.335 e. The van der Waals surface area contributed by atoms with E-state index in [-0.39, 0.29) is 33.4 Å². The van der Waals surface area contributed by atoms with Gasteiger partial charge in [0.15, 0.2) is 23.3 Å². The Morgan fingerprint density at radius 3 is 2.08 bits per heavy atom. The van der Waals surface area contributed by atoms with Gasteiger partial charge in [-0.1, -0.05) is 53.5 Å². The number of carboxylic acids is 1. The van der Waals surface area contributed by atoms with E-state index in [1.807, 2.05) is 12.1 Å². The summed E-state index contributed by atoms with van der Waals surface area (Å²) in [5, 5.41) is 9.41. The fraction of sp³-hybridized carbons (Fsp3) is 0.278. The lowest BCUT2D eigenvalue weighted by Gasteiger charge is -2.26. The summed E-state index contributed by atoms with van der Waals surface area (Å²) >= 11 is 12.2. The van der Waals surface area contributed by atoms with Crippen molar-refractivity contribution in [3.05, 3.63) is 127 Å². The minimum Gasteiger partial charge on any atom is -0.478 e. The molecule has 2 N–H and O–H groups in total. The molecule has 0 bridgehead atoms. The molecule has 1 amide bonds. The Morgan fingerprint density at radius 2 is 1.50 bits per heavy atom. The maximum atomic E-state index is 15.2. The first-order valence-corrected chi connectivity index (χ1v) is 18.1. The van der Waals surface area contributed by atoms with Gasteiger partial charge in [0.2, 0.25) is 15.9 Å². The van der Waals surface area contributed by atoms with Gasteiger partial charge in [-0.05, 0) is 96.5 Å². The third-order valence-corrected chi connectivity index (χ3v) is 10.8. The highest BCUT2D eigenvalue weighted by Crippen LogP contribution is 2.45. The molecule has 14 heteroatoms. The standard InChI is InChI=1S/C36H30Cl2F4N2O5S/c1-18-11-23(36(46)47)9-10-28(18)44(16-19-12-24(20-5-6-20)14-25(13-19)21-7-8-21)29(45)17-50(48,49)43-35-26(31(39)32(40)33(41)34(35)42)15-22-3-2-4-27(37)30(22)38/h2-4,9-14,20-21,43H,5-8,15-17H2,1H3,(H,46,47). The Hall–Kier alpha value is -4.13. The lowest BCUT2D eigenvalue weighted by molar-refractivity contribution is -0.116. The summed E-state index contributed by atoms with van der Waals surface area (Å²) in [7, 11) is -4.93. The second-order valence-electron chi connectivity index (χ2n) is 12.7. The zero-order valence-electron chi connectivity index (χ0n) is 26.5. The first-order chi connectivity index (χ1) is 23.6. The summed E-state index contributed by atoms with van der Waals surface area (Å²) in [6, 6.07) is 14.3. The zero-order valence-corrected chi connectivity index (χ0v) is 28.8. The largest absolute Gasteiger partial charge is 0.478 e. The van der Waals surface area contributed by atoms with E-state index in [9.17, 15) is 31.9 Å². The molecule has 0 radical (unpaired) electrons. The van der Waals surface area contributed by atoms with Crippen molar-refractivity contribution in [2.45, 2.75) is 57.4 Å². The molecule has 50 heavy (non-hydrogen) atoms. The molecule has 0 aromatic heterocycles. The fourth-order valence-corrected chi connectivity index (χ4v) is 7.44. The van der Waals surface area contributed by atoms with Crippen LogP contribution < -0.4 is 9.62 Å². The predicted molar refractivity (Wildman–Crippen MR) is 183 cm³/mol. The predicted octanol–water partition coefficient (Wildman–Crippen LogP) is 8.88. The number of hydrogen-bond donors (Lipinski definition) is 2. The van der Waals surface area contributed by atoms with Crippen LogP contribution in [0.4, 0.5) is 28.9 Å². The summed E-state index contributed by atoms with van der Waals surface area (Å²) in [6.45, 7) is 1.48. The van der Waals surface area contributed by atoms with Crippen LogP contribution in [-0.4, -0.2) is 31.2 Å². The van der Waals surface area contributed by atoms with Gasteiger partial charge >= 0.3 is 5.97 Å². The van der Waals surface area contributed by atoms with Crippen molar-refractivity contribution in [3.63, 3.8) is 0 Å². The van der Waals surface area contributed by atoms with Crippen molar-refractivity contribution >= 4 is 56.5 Å². The zero-order chi connectivity index (χ0) is 36.1. The molecule has 2 aliphatic rings. The van der Waals surface area contributed by atoms with Gasteiger partial charge in [-0.25, -0.2) is 30.8 Å². The number of halogens is 6. The number of nitrogens with zero attached hydrogens (tertiary/aromatic N) is 1. The van der Waals surface area contributed by atoms with Crippen LogP contribution >= 0.6 is 23.2 Å². The number of anilines is 2. The summed E-state index contributed by atoms with van der Waals surface area (Å²) in [6.07, 6.45) is 3.43. The van der Waals surface area contributed by atoms with Crippen LogP contribution in [0.25, 0.3) is 0 Å². The van der Waals surface area contributed by atoms with E-state index in [0.29, 0.717) is 17.4 Å². The van der Waals surface area contributed by atoms with Gasteiger partial charge in [0.05, 0.1) is 27.8 Å². The van der Waals surface area contributed by atoms with Gasteiger partial charge in [-0.3, -0.25) is 9.52 Å². The van der Waals surface area contributed by atoms with Crippen LogP contribution in [0.5, 0.6) is 0 Å². The number of aromatic carboxylic acids is 1. The molecular weight excluding hydrogens is 719 g/mol. The van der Waals surface area contributed by atoms with Crippen molar-refractivity contribution in [2.75, 3.05) is 15.4 Å². The molecule has 6 rings (SSSR count). The second kappa shape index (κ2) is 13.9. The molecule has 4 aromatic carbocycles. The lowest BCUT2D eigenvalue weighted by atomic mass is 9.99. The number of carbonyl (C=O) groups is 2. The Kier molecular flexibility index (Phi) is 9.91. The molecule has 262 valence electrons. The topological polar surface area (TPSA) is 104 Å². The van der Waals surface area contributed by atoms with Gasteiger partial charge in [-0.15, -0.1) is 0 Å². The average molecular weight is 750 g/mol. The van der Waals surface area contributed by atoms with Crippen molar-refractivity contribution in [1.82, 2.24) is 0 Å². The molecule has 0 heterocycles. The third kappa shape index (κ3) is 7.62. The van der Waals surface area contributed by atoms with Gasteiger partial charge in [0.1, 0.15) is 5.75 Å². The van der Waals surface area contributed by atoms with E-state index in [2.05, 4.69) is 6.07 Å². The average Bonchev–Trinajstić information content (AvgIpc) is 3.98. The van der Waals surface area contributed by atoms with Crippen LogP contribution in [0.15, 0.2) is 54.6 Å². The molecule has 0 saturated heterocycles. The Labute approximate surface area is 295 Å². The normalized spacial score (nSPS) is 14.5. The first-order valence-electron chi connectivity index (χ1n) is 15.7. The molecule has 7 nitrogen and oxygen atoms in total. The second-order valence-corrected chi connectivity index (χ2v) is 15.2. The van der Waals surface area contributed by atoms with E-state index in [1.54, 1.807) is 11.6 Å². The molecule has 4 aromatic rings.